The fourth-order valence-electron chi connectivity index (χ4n) is 2.52. The van der Waals surface area contributed by atoms with E-state index in [-0.39, 0.29) is 4.83 Å². The highest BCUT2D eigenvalue weighted by Crippen LogP contribution is 2.34. The molecule has 3 rings (SSSR count). The van der Waals surface area contributed by atoms with E-state index in [9.17, 15) is 9.90 Å². The maximum atomic E-state index is 11.0. The highest BCUT2D eigenvalue weighted by molar-refractivity contribution is 9.12. The van der Waals surface area contributed by atoms with Crippen molar-refractivity contribution < 1.29 is 9.90 Å². The summed E-state index contributed by atoms with van der Waals surface area (Å²) in [5.74, 6) is -1.14. The van der Waals surface area contributed by atoms with Crippen LogP contribution in [0.3, 0.4) is 0 Å². The number of carbonyl (C=O) groups excluding carboxylic acids is 1. The first kappa shape index (κ1) is 15.8. The lowest BCUT2D eigenvalue weighted by molar-refractivity contribution is -0.304. The summed E-state index contributed by atoms with van der Waals surface area (Å²) in [6, 6.07) is 15.7. The molecule has 3 aromatic carbocycles. The molecule has 0 saturated carbocycles. The Kier molecular flexibility index (Phi) is 4.44. The molecular formula is C17H10Br2ClO2-. The summed E-state index contributed by atoms with van der Waals surface area (Å²) in [4.78, 5) is 9.84. The second-order valence-electron chi connectivity index (χ2n) is 5.03. The molecule has 3 aromatic rings. The number of carbonyl (C=O) groups is 1. The van der Waals surface area contributed by atoms with Crippen LogP contribution in [-0.2, 0) is 4.79 Å². The molecule has 0 amide bonds. The number of halogens is 3. The van der Waals surface area contributed by atoms with Crippen LogP contribution >= 0.6 is 43.5 Å². The molecule has 2 atom stereocenters. The zero-order chi connectivity index (χ0) is 15.9. The topological polar surface area (TPSA) is 40.1 Å². The quantitative estimate of drug-likeness (QED) is 0.440. The molecule has 0 heterocycles. The molecule has 0 spiro atoms. The van der Waals surface area contributed by atoms with E-state index in [2.05, 4.69) is 31.9 Å². The molecule has 0 fully saturated rings. The lowest BCUT2D eigenvalue weighted by atomic mass is 9.99. The van der Waals surface area contributed by atoms with Crippen LogP contribution in [0.1, 0.15) is 10.4 Å². The van der Waals surface area contributed by atoms with Crippen LogP contribution in [0.2, 0.25) is 5.02 Å². The summed E-state index contributed by atoms with van der Waals surface area (Å²) in [6.07, 6.45) is 0. The Hall–Kier alpha value is -1.10. The number of alkyl halides is 2. The molecule has 112 valence electrons. The Labute approximate surface area is 149 Å². The molecule has 0 aromatic heterocycles. The monoisotopic (exact) mass is 439 g/mol. The molecule has 2 nitrogen and oxygen atoms in total. The second kappa shape index (κ2) is 6.19. The second-order valence-corrected chi connectivity index (χ2v) is 7.44. The number of fused-ring (bicyclic) bond motifs is 3. The molecule has 5 heteroatoms. The normalized spacial score (nSPS) is 14.1. The van der Waals surface area contributed by atoms with E-state index in [1.165, 1.54) is 0 Å². The van der Waals surface area contributed by atoms with Crippen LogP contribution < -0.4 is 5.11 Å². The highest BCUT2D eigenvalue weighted by Gasteiger charge is 2.19. The van der Waals surface area contributed by atoms with E-state index in [0.29, 0.717) is 5.02 Å². The van der Waals surface area contributed by atoms with E-state index in [1.54, 1.807) is 0 Å². The average molecular weight is 442 g/mol. The van der Waals surface area contributed by atoms with Crippen molar-refractivity contribution in [3.63, 3.8) is 0 Å². The fraction of sp³-hybridized carbons (Fsp3) is 0.118. The van der Waals surface area contributed by atoms with Gasteiger partial charge < -0.3 is 9.90 Å². The lowest BCUT2D eigenvalue weighted by Crippen LogP contribution is -2.34. The third-order valence-electron chi connectivity index (χ3n) is 3.62. The number of benzene rings is 3. The molecule has 0 aliphatic carbocycles. The zero-order valence-corrected chi connectivity index (χ0v) is 15.2. The first-order valence-corrected chi connectivity index (χ1v) is 8.79. The Morgan fingerprint density at radius 1 is 0.955 bits per heavy atom. The van der Waals surface area contributed by atoms with E-state index in [1.807, 2.05) is 48.5 Å². The van der Waals surface area contributed by atoms with Crippen LogP contribution in [0.15, 0.2) is 48.5 Å². The Morgan fingerprint density at radius 3 is 2.18 bits per heavy atom. The third kappa shape index (κ3) is 2.87. The summed E-state index contributed by atoms with van der Waals surface area (Å²) in [7, 11) is 0. The van der Waals surface area contributed by atoms with E-state index in [4.69, 9.17) is 11.6 Å². The average Bonchev–Trinajstić information content (AvgIpc) is 2.52. The van der Waals surface area contributed by atoms with E-state index in [0.717, 1.165) is 27.1 Å². The van der Waals surface area contributed by atoms with E-state index >= 15 is 0 Å². The van der Waals surface area contributed by atoms with Crippen LogP contribution in [0.5, 0.6) is 0 Å². The molecule has 0 saturated heterocycles. The Bertz CT molecular complexity index is 879. The molecule has 0 aliphatic heterocycles. The van der Waals surface area contributed by atoms with Crippen molar-refractivity contribution >= 4 is 71.0 Å². The summed E-state index contributed by atoms with van der Waals surface area (Å²) in [6.45, 7) is 0. The lowest BCUT2D eigenvalue weighted by Gasteiger charge is -2.18. The molecule has 2 unspecified atom stereocenters. The van der Waals surface area contributed by atoms with Gasteiger partial charge in [0.25, 0.3) is 0 Å². The maximum absolute atomic E-state index is 11.0. The number of hydrogen-bond acceptors (Lipinski definition) is 2. The summed E-state index contributed by atoms with van der Waals surface area (Å²) in [5.41, 5.74) is 0.881. The minimum Gasteiger partial charge on any atom is -0.549 e. The van der Waals surface area contributed by atoms with Gasteiger partial charge in [0.05, 0.1) is 15.6 Å². The van der Waals surface area contributed by atoms with Gasteiger partial charge >= 0.3 is 0 Å². The first-order valence-electron chi connectivity index (χ1n) is 6.58. The smallest absolute Gasteiger partial charge is 0.0707 e. The van der Waals surface area contributed by atoms with Crippen molar-refractivity contribution in [3.8, 4) is 0 Å². The predicted molar refractivity (Wildman–Crippen MR) is 95.9 cm³/mol. The van der Waals surface area contributed by atoms with Gasteiger partial charge in [-0.1, -0.05) is 73.8 Å². The van der Waals surface area contributed by atoms with E-state index < -0.39 is 10.8 Å². The predicted octanol–water partition coefficient (Wildman–Crippen LogP) is 4.60. The van der Waals surface area contributed by atoms with Gasteiger partial charge in [-0.3, -0.25) is 0 Å². The zero-order valence-electron chi connectivity index (χ0n) is 11.2. The molecule has 0 radical (unpaired) electrons. The maximum Gasteiger partial charge on any atom is 0.0707 e. The van der Waals surface area contributed by atoms with Crippen molar-refractivity contribution in [3.05, 3.63) is 59.1 Å². The molecular weight excluding hydrogens is 431 g/mol. The number of carboxylic acids is 1. The molecule has 22 heavy (non-hydrogen) atoms. The van der Waals surface area contributed by atoms with Crippen LogP contribution in [0.25, 0.3) is 21.5 Å². The van der Waals surface area contributed by atoms with Crippen molar-refractivity contribution in [1.29, 1.82) is 0 Å². The van der Waals surface area contributed by atoms with Crippen molar-refractivity contribution in [2.24, 2.45) is 0 Å². The highest BCUT2D eigenvalue weighted by atomic mass is 79.9. The van der Waals surface area contributed by atoms with Crippen molar-refractivity contribution in [2.45, 2.75) is 9.65 Å². The fourth-order valence-corrected chi connectivity index (χ4v) is 3.51. The van der Waals surface area contributed by atoms with Gasteiger partial charge in [0.15, 0.2) is 0 Å². The number of carboxylic acid groups (broad SMARTS) is 1. The van der Waals surface area contributed by atoms with Crippen LogP contribution in [-0.4, -0.2) is 10.8 Å². The molecule has 0 bridgehead atoms. The van der Waals surface area contributed by atoms with Crippen LogP contribution in [0, 0.1) is 0 Å². The van der Waals surface area contributed by atoms with Gasteiger partial charge in [0, 0.05) is 5.02 Å². The van der Waals surface area contributed by atoms with Crippen molar-refractivity contribution in [2.75, 3.05) is 0 Å². The Balaban J connectivity index is 2.13. The summed E-state index contributed by atoms with van der Waals surface area (Å²) >= 11 is 12.6. The first-order chi connectivity index (χ1) is 10.5. The van der Waals surface area contributed by atoms with Gasteiger partial charge in [-0.25, -0.2) is 0 Å². The SMILES string of the molecule is O=C([O-])C(Br)C(Br)c1ccc2c(ccc3cc(Cl)ccc32)c1. The van der Waals surface area contributed by atoms with Gasteiger partial charge in [-0.2, -0.15) is 0 Å². The van der Waals surface area contributed by atoms with Gasteiger partial charge in [-0.05, 0) is 45.3 Å². The van der Waals surface area contributed by atoms with Gasteiger partial charge in [0.1, 0.15) is 0 Å². The minimum absolute atomic E-state index is 0.359. The number of aliphatic carboxylic acids is 1. The van der Waals surface area contributed by atoms with Crippen LogP contribution in [0.4, 0.5) is 0 Å². The standard InChI is InChI=1S/C17H11Br2ClO2/c18-15(16(19)17(21)22)11-3-5-13-9(7-11)1-2-10-8-12(20)4-6-14(10)13/h1-8,15-16H,(H,21,22)/p-1. The number of rotatable bonds is 3. The summed E-state index contributed by atoms with van der Waals surface area (Å²) in [5, 5.41) is 16.1. The van der Waals surface area contributed by atoms with Gasteiger partial charge in [0.2, 0.25) is 0 Å². The Morgan fingerprint density at radius 2 is 1.55 bits per heavy atom. The van der Waals surface area contributed by atoms with Gasteiger partial charge in [-0.15, -0.1) is 0 Å². The summed E-state index contributed by atoms with van der Waals surface area (Å²) < 4.78 is 0. The largest absolute Gasteiger partial charge is 0.549 e. The molecule has 0 N–H and O–H groups in total. The minimum atomic E-state index is -1.14. The molecule has 0 aliphatic rings. The third-order valence-corrected chi connectivity index (χ3v) is 6.53. The van der Waals surface area contributed by atoms with Crippen molar-refractivity contribution in [1.82, 2.24) is 0 Å². The number of hydrogen-bond donors (Lipinski definition) is 0.